The molecule has 1 aromatic heterocycles. The molecule has 0 amide bonds. The van der Waals surface area contributed by atoms with Gasteiger partial charge in [0.25, 0.3) is 0 Å². The standard InChI is InChI=1S/C25H31BClN5O3/c1-15(2)35-23-13-18(17-8-10-28-11-9-17)16(3)12-22(23)31-25-29-14-20(27)24(32-25)30-21-7-5-4-6-19(21)26(33)34/h4-7,12-15,17,28,33-34H,8-11H2,1-3H3,(H2,29,30,31,32). The smallest absolute Gasteiger partial charge is 0.489 e. The number of ether oxygens (including phenoxy) is 1. The molecule has 0 saturated carbocycles. The van der Waals surface area contributed by atoms with E-state index < -0.39 is 7.12 Å². The van der Waals surface area contributed by atoms with Crippen molar-refractivity contribution < 1.29 is 14.8 Å². The number of nitrogens with zero attached hydrogens (tertiary/aromatic N) is 2. The van der Waals surface area contributed by atoms with Crippen LogP contribution in [0.3, 0.4) is 0 Å². The quantitative estimate of drug-likeness (QED) is 0.300. The maximum absolute atomic E-state index is 9.67. The van der Waals surface area contributed by atoms with E-state index in [1.165, 1.54) is 17.3 Å². The molecule has 8 nitrogen and oxygen atoms in total. The second-order valence-electron chi connectivity index (χ2n) is 9.00. The molecule has 4 rings (SSSR count). The fourth-order valence-electron chi connectivity index (χ4n) is 4.32. The minimum atomic E-state index is -1.63. The Bertz CT molecular complexity index is 1170. The predicted molar refractivity (Wildman–Crippen MR) is 142 cm³/mol. The Balaban J connectivity index is 1.64. The molecule has 1 aliphatic rings. The molecule has 2 aromatic carbocycles. The summed E-state index contributed by atoms with van der Waals surface area (Å²) >= 11 is 6.34. The summed E-state index contributed by atoms with van der Waals surface area (Å²) in [5.41, 5.74) is 4.07. The van der Waals surface area contributed by atoms with Crippen LogP contribution in [0, 0.1) is 6.92 Å². The summed E-state index contributed by atoms with van der Waals surface area (Å²) < 4.78 is 6.16. The largest absolute Gasteiger partial charge is 0.490 e. The number of anilines is 4. The Morgan fingerprint density at radius 2 is 1.86 bits per heavy atom. The summed E-state index contributed by atoms with van der Waals surface area (Å²) in [5.74, 6) is 1.93. The predicted octanol–water partition coefficient (Wildman–Crippen LogP) is 3.86. The van der Waals surface area contributed by atoms with Crippen molar-refractivity contribution in [2.24, 2.45) is 0 Å². The van der Waals surface area contributed by atoms with Gasteiger partial charge in [-0.25, -0.2) is 4.98 Å². The zero-order valence-electron chi connectivity index (χ0n) is 20.2. The van der Waals surface area contributed by atoms with E-state index in [2.05, 4.69) is 45.0 Å². The van der Waals surface area contributed by atoms with E-state index in [1.54, 1.807) is 24.3 Å². The van der Waals surface area contributed by atoms with Gasteiger partial charge in [0.1, 0.15) is 10.8 Å². The third kappa shape index (κ3) is 6.24. The highest BCUT2D eigenvalue weighted by atomic mass is 35.5. The number of aryl methyl sites for hydroxylation is 1. The minimum absolute atomic E-state index is 0.00361. The van der Waals surface area contributed by atoms with Gasteiger partial charge in [-0.1, -0.05) is 29.8 Å². The molecule has 1 saturated heterocycles. The van der Waals surface area contributed by atoms with Crippen molar-refractivity contribution in [3.8, 4) is 5.75 Å². The first-order valence-electron chi connectivity index (χ1n) is 11.9. The van der Waals surface area contributed by atoms with E-state index in [1.807, 2.05) is 13.8 Å². The summed E-state index contributed by atoms with van der Waals surface area (Å²) in [7, 11) is -1.63. The molecule has 0 bridgehead atoms. The van der Waals surface area contributed by atoms with Crippen LogP contribution in [0.25, 0.3) is 0 Å². The van der Waals surface area contributed by atoms with Gasteiger partial charge in [0, 0.05) is 11.2 Å². The molecule has 10 heteroatoms. The summed E-state index contributed by atoms with van der Waals surface area (Å²) in [6.45, 7) is 8.17. The van der Waals surface area contributed by atoms with Gasteiger partial charge < -0.3 is 30.7 Å². The molecule has 1 fully saturated rings. The lowest BCUT2D eigenvalue weighted by atomic mass is 9.79. The molecule has 0 radical (unpaired) electrons. The Kier molecular flexibility index (Phi) is 8.13. The SMILES string of the molecule is Cc1cc(Nc2ncc(Cl)c(Nc3ccccc3B(O)O)n2)c(OC(C)C)cc1C1CCNCC1. The van der Waals surface area contributed by atoms with Crippen LogP contribution < -0.4 is 26.2 Å². The van der Waals surface area contributed by atoms with E-state index in [9.17, 15) is 10.0 Å². The van der Waals surface area contributed by atoms with Crippen LogP contribution in [-0.2, 0) is 0 Å². The highest BCUT2D eigenvalue weighted by Gasteiger charge is 2.21. The Labute approximate surface area is 211 Å². The Hall–Kier alpha value is -2.85. The van der Waals surface area contributed by atoms with Crippen molar-refractivity contribution in [1.82, 2.24) is 15.3 Å². The maximum atomic E-state index is 9.67. The van der Waals surface area contributed by atoms with Gasteiger partial charge in [-0.05, 0) is 81.9 Å². The zero-order valence-corrected chi connectivity index (χ0v) is 20.9. The average molecular weight is 496 g/mol. The molecular weight excluding hydrogens is 465 g/mol. The van der Waals surface area contributed by atoms with E-state index >= 15 is 0 Å². The first-order valence-corrected chi connectivity index (χ1v) is 12.2. The molecule has 5 N–H and O–H groups in total. The summed E-state index contributed by atoms with van der Waals surface area (Å²) in [5, 5.41) is 29.4. The summed E-state index contributed by atoms with van der Waals surface area (Å²) in [6.07, 6.45) is 3.71. The highest BCUT2D eigenvalue weighted by molar-refractivity contribution is 6.60. The molecule has 0 unspecified atom stereocenters. The topological polar surface area (TPSA) is 112 Å². The maximum Gasteiger partial charge on any atom is 0.490 e. The van der Waals surface area contributed by atoms with Gasteiger partial charge in [-0.3, -0.25) is 0 Å². The monoisotopic (exact) mass is 495 g/mol. The third-order valence-electron chi connectivity index (χ3n) is 5.99. The van der Waals surface area contributed by atoms with Crippen LogP contribution in [0.1, 0.15) is 43.7 Å². The van der Waals surface area contributed by atoms with Crippen LogP contribution in [0.15, 0.2) is 42.6 Å². The van der Waals surface area contributed by atoms with E-state index in [4.69, 9.17) is 16.3 Å². The van der Waals surface area contributed by atoms with Gasteiger partial charge >= 0.3 is 7.12 Å². The second-order valence-corrected chi connectivity index (χ2v) is 9.40. The van der Waals surface area contributed by atoms with Crippen LogP contribution in [-0.4, -0.2) is 46.3 Å². The van der Waals surface area contributed by atoms with Crippen molar-refractivity contribution >= 4 is 47.3 Å². The molecule has 0 aliphatic carbocycles. The molecule has 35 heavy (non-hydrogen) atoms. The van der Waals surface area contributed by atoms with Gasteiger partial charge in [0.2, 0.25) is 5.95 Å². The zero-order chi connectivity index (χ0) is 24.9. The highest BCUT2D eigenvalue weighted by Crippen LogP contribution is 2.37. The summed E-state index contributed by atoms with van der Waals surface area (Å²) in [4.78, 5) is 8.87. The molecule has 0 atom stereocenters. The van der Waals surface area contributed by atoms with Crippen molar-refractivity contribution in [3.63, 3.8) is 0 Å². The number of rotatable bonds is 8. The average Bonchev–Trinajstić information content (AvgIpc) is 2.83. The lowest BCUT2D eigenvalue weighted by Crippen LogP contribution is -2.31. The van der Waals surface area contributed by atoms with Crippen molar-refractivity contribution in [2.75, 3.05) is 23.7 Å². The molecule has 184 valence electrons. The van der Waals surface area contributed by atoms with Gasteiger partial charge in [-0.2, -0.15) is 4.98 Å². The van der Waals surface area contributed by atoms with Crippen LogP contribution in [0.5, 0.6) is 5.75 Å². The normalized spacial score (nSPS) is 14.1. The van der Waals surface area contributed by atoms with Crippen LogP contribution >= 0.6 is 11.6 Å². The number of piperidine rings is 1. The lowest BCUT2D eigenvalue weighted by molar-refractivity contribution is 0.243. The van der Waals surface area contributed by atoms with Gasteiger partial charge in [-0.15, -0.1) is 0 Å². The fourth-order valence-corrected chi connectivity index (χ4v) is 4.46. The third-order valence-corrected chi connectivity index (χ3v) is 6.27. The number of nitrogens with one attached hydrogen (secondary N) is 3. The minimum Gasteiger partial charge on any atom is -0.489 e. The first-order chi connectivity index (χ1) is 16.8. The van der Waals surface area contributed by atoms with Crippen molar-refractivity contribution in [2.45, 2.75) is 45.6 Å². The summed E-state index contributed by atoms with van der Waals surface area (Å²) in [6, 6.07) is 11.1. The number of para-hydroxylation sites is 1. The molecule has 3 aromatic rings. The number of hydrogen-bond acceptors (Lipinski definition) is 8. The van der Waals surface area contributed by atoms with Crippen LogP contribution in [0.2, 0.25) is 5.02 Å². The van der Waals surface area contributed by atoms with E-state index in [0.29, 0.717) is 33.9 Å². The van der Waals surface area contributed by atoms with Crippen LogP contribution in [0.4, 0.5) is 23.1 Å². The van der Waals surface area contributed by atoms with Crippen molar-refractivity contribution in [3.05, 3.63) is 58.7 Å². The molecule has 2 heterocycles. The number of hydrogen-bond donors (Lipinski definition) is 5. The second kappa shape index (κ2) is 11.3. The number of aromatic nitrogens is 2. The molecule has 1 aliphatic heterocycles. The molecular formula is C25H31BClN5O3. The number of benzene rings is 2. The number of halogens is 1. The van der Waals surface area contributed by atoms with Gasteiger partial charge in [0.05, 0.1) is 18.0 Å². The van der Waals surface area contributed by atoms with Gasteiger partial charge in [0.15, 0.2) is 5.82 Å². The van der Waals surface area contributed by atoms with Crippen molar-refractivity contribution in [1.29, 1.82) is 0 Å². The Morgan fingerprint density at radius 1 is 1.11 bits per heavy atom. The van der Waals surface area contributed by atoms with E-state index in [0.717, 1.165) is 37.4 Å². The fraction of sp³-hybridized carbons (Fsp3) is 0.360. The Morgan fingerprint density at radius 3 is 2.57 bits per heavy atom. The molecule has 0 spiro atoms. The van der Waals surface area contributed by atoms with E-state index in [-0.39, 0.29) is 6.10 Å². The lowest BCUT2D eigenvalue weighted by Gasteiger charge is -2.26. The first kappa shape index (κ1) is 25.3.